The summed E-state index contributed by atoms with van der Waals surface area (Å²) in [4.78, 5) is 25.4. The van der Waals surface area contributed by atoms with Crippen LogP contribution in [0.5, 0.6) is 0 Å². The van der Waals surface area contributed by atoms with Crippen molar-refractivity contribution in [1.29, 1.82) is 0 Å². The summed E-state index contributed by atoms with van der Waals surface area (Å²) in [6.07, 6.45) is 2.90. The zero-order valence-corrected chi connectivity index (χ0v) is 13.1. The number of benzene rings is 1. The molecule has 2 rings (SSSR count). The Kier molecular flexibility index (Phi) is 4.64. The van der Waals surface area contributed by atoms with Crippen LogP contribution in [0.4, 0.5) is 4.39 Å². The second-order valence-corrected chi connectivity index (χ2v) is 5.44. The molecule has 7 heteroatoms. The maximum Gasteiger partial charge on any atom is 0.265 e. The molecule has 0 aromatic heterocycles. The maximum absolute atomic E-state index is 13.2. The van der Waals surface area contributed by atoms with Gasteiger partial charge < -0.3 is 0 Å². The fourth-order valence-corrected chi connectivity index (χ4v) is 2.40. The Bertz CT molecular complexity index is 688. The number of hydrogen-bond acceptors (Lipinski definition) is 3. The standard InChI is InChI=1S/C14H10BrFN2O2S/c1-2-5-18-13(20)9(12(19)17-14(18)21)6-8-3-4-11(16)10(15)7-8/h2-4,6-7H,1,5H2,(H,17,19,21)/b9-6+. The lowest BCUT2D eigenvalue weighted by atomic mass is 10.1. The van der Waals surface area contributed by atoms with Gasteiger partial charge in [-0.1, -0.05) is 12.1 Å². The lowest BCUT2D eigenvalue weighted by Crippen LogP contribution is -2.53. The summed E-state index contributed by atoms with van der Waals surface area (Å²) in [7, 11) is 0. The van der Waals surface area contributed by atoms with E-state index in [1.807, 2.05) is 0 Å². The first-order chi connectivity index (χ1) is 9.93. The first-order valence-corrected chi connectivity index (χ1v) is 7.09. The van der Waals surface area contributed by atoms with Gasteiger partial charge in [0.25, 0.3) is 11.8 Å². The van der Waals surface area contributed by atoms with Crippen molar-refractivity contribution in [2.24, 2.45) is 0 Å². The van der Waals surface area contributed by atoms with Gasteiger partial charge in [0.05, 0.1) is 4.47 Å². The van der Waals surface area contributed by atoms with Crippen LogP contribution in [0, 0.1) is 5.82 Å². The smallest absolute Gasteiger partial charge is 0.265 e. The van der Waals surface area contributed by atoms with Crippen LogP contribution in [0.3, 0.4) is 0 Å². The Labute approximate surface area is 134 Å². The van der Waals surface area contributed by atoms with Gasteiger partial charge >= 0.3 is 0 Å². The first-order valence-electron chi connectivity index (χ1n) is 5.89. The van der Waals surface area contributed by atoms with Gasteiger partial charge in [-0.25, -0.2) is 4.39 Å². The molecule has 1 aromatic rings. The quantitative estimate of drug-likeness (QED) is 0.385. The Balaban J connectivity index is 2.40. The maximum atomic E-state index is 13.2. The van der Waals surface area contributed by atoms with Gasteiger partial charge in [-0.05, 0) is 51.9 Å². The van der Waals surface area contributed by atoms with Gasteiger partial charge in [0, 0.05) is 6.54 Å². The number of carbonyl (C=O) groups is 2. The molecule has 0 spiro atoms. The third kappa shape index (κ3) is 3.25. The van der Waals surface area contributed by atoms with E-state index in [0.29, 0.717) is 5.56 Å². The minimum absolute atomic E-state index is 0.0438. The molecule has 0 bridgehead atoms. The fourth-order valence-electron chi connectivity index (χ4n) is 1.76. The SMILES string of the molecule is C=CCN1C(=O)/C(=C/c2ccc(F)c(Br)c2)C(=O)NC1=S. The van der Waals surface area contributed by atoms with Crippen LogP contribution in [0.25, 0.3) is 6.08 Å². The largest absolute Gasteiger partial charge is 0.298 e. The van der Waals surface area contributed by atoms with Crippen LogP contribution in [0.2, 0.25) is 0 Å². The molecule has 4 nitrogen and oxygen atoms in total. The van der Waals surface area contributed by atoms with E-state index in [4.69, 9.17) is 12.2 Å². The van der Waals surface area contributed by atoms with Crippen LogP contribution in [0.15, 0.2) is 40.9 Å². The van der Waals surface area contributed by atoms with Crippen molar-refractivity contribution in [3.63, 3.8) is 0 Å². The predicted molar refractivity (Wildman–Crippen MR) is 84.7 cm³/mol. The van der Waals surface area contributed by atoms with Gasteiger partial charge in [-0.15, -0.1) is 6.58 Å². The van der Waals surface area contributed by atoms with Crippen molar-refractivity contribution in [3.05, 3.63) is 52.3 Å². The monoisotopic (exact) mass is 368 g/mol. The normalized spacial score (nSPS) is 17.1. The lowest BCUT2D eigenvalue weighted by Gasteiger charge is -2.27. The molecule has 1 fully saturated rings. The molecule has 1 N–H and O–H groups in total. The van der Waals surface area contributed by atoms with E-state index in [9.17, 15) is 14.0 Å². The Hall–Kier alpha value is -1.86. The van der Waals surface area contributed by atoms with E-state index in [2.05, 4.69) is 27.8 Å². The minimum atomic E-state index is -0.578. The molecule has 1 aliphatic rings. The molecule has 0 saturated carbocycles. The van der Waals surface area contributed by atoms with Gasteiger partial charge in [-0.2, -0.15) is 0 Å². The van der Waals surface area contributed by atoms with Gasteiger partial charge in [0.1, 0.15) is 11.4 Å². The number of halogens is 2. The second kappa shape index (κ2) is 6.28. The van der Waals surface area contributed by atoms with E-state index in [0.717, 1.165) is 0 Å². The van der Waals surface area contributed by atoms with E-state index >= 15 is 0 Å². The third-order valence-electron chi connectivity index (χ3n) is 2.75. The lowest BCUT2D eigenvalue weighted by molar-refractivity contribution is -0.128. The zero-order chi connectivity index (χ0) is 15.6. The summed E-state index contributed by atoms with van der Waals surface area (Å²) in [6.45, 7) is 3.74. The Morgan fingerprint density at radius 2 is 2.14 bits per heavy atom. The number of nitrogens with zero attached hydrogens (tertiary/aromatic N) is 1. The molecule has 1 heterocycles. The van der Waals surface area contributed by atoms with Crippen molar-refractivity contribution in [3.8, 4) is 0 Å². The number of hydrogen-bond donors (Lipinski definition) is 1. The second-order valence-electron chi connectivity index (χ2n) is 4.20. The fraction of sp³-hybridized carbons (Fsp3) is 0.0714. The number of rotatable bonds is 3. The Morgan fingerprint density at radius 1 is 1.43 bits per heavy atom. The number of carbonyl (C=O) groups excluding carboxylic acids is 2. The van der Waals surface area contributed by atoms with Crippen molar-refractivity contribution in [1.82, 2.24) is 10.2 Å². The van der Waals surface area contributed by atoms with E-state index in [-0.39, 0.29) is 21.7 Å². The van der Waals surface area contributed by atoms with Crippen molar-refractivity contribution < 1.29 is 14.0 Å². The first kappa shape index (κ1) is 15.5. The summed E-state index contributed by atoms with van der Waals surface area (Å²) >= 11 is 8.00. The van der Waals surface area contributed by atoms with Crippen LogP contribution >= 0.6 is 28.1 Å². The minimum Gasteiger partial charge on any atom is -0.298 e. The highest BCUT2D eigenvalue weighted by Gasteiger charge is 2.32. The van der Waals surface area contributed by atoms with Crippen molar-refractivity contribution in [2.45, 2.75) is 0 Å². The van der Waals surface area contributed by atoms with Crippen molar-refractivity contribution >= 4 is 51.2 Å². The number of thiocarbonyl (C=S) groups is 1. The molecule has 108 valence electrons. The van der Waals surface area contributed by atoms with Crippen LogP contribution < -0.4 is 5.32 Å². The predicted octanol–water partition coefficient (Wildman–Crippen LogP) is 2.40. The number of nitrogens with one attached hydrogen (secondary N) is 1. The molecular weight excluding hydrogens is 359 g/mol. The molecule has 0 aliphatic carbocycles. The summed E-state index contributed by atoms with van der Waals surface area (Å²) in [5, 5.41) is 2.48. The average molecular weight is 369 g/mol. The van der Waals surface area contributed by atoms with E-state index in [1.54, 1.807) is 0 Å². The van der Waals surface area contributed by atoms with E-state index in [1.165, 1.54) is 35.3 Å². The molecule has 1 aromatic carbocycles. The summed E-state index contributed by atoms with van der Waals surface area (Å²) in [6, 6.07) is 4.19. The van der Waals surface area contributed by atoms with Crippen LogP contribution in [0.1, 0.15) is 5.56 Å². The average Bonchev–Trinajstić information content (AvgIpc) is 2.43. The molecule has 21 heavy (non-hydrogen) atoms. The summed E-state index contributed by atoms with van der Waals surface area (Å²) in [5.41, 5.74) is 0.456. The molecular formula is C14H10BrFN2O2S. The summed E-state index contributed by atoms with van der Waals surface area (Å²) in [5.74, 6) is -1.51. The Morgan fingerprint density at radius 3 is 2.76 bits per heavy atom. The molecule has 1 saturated heterocycles. The van der Waals surface area contributed by atoms with Crippen molar-refractivity contribution in [2.75, 3.05) is 6.54 Å². The zero-order valence-electron chi connectivity index (χ0n) is 10.7. The highest BCUT2D eigenvalue weighted by atomic mass is 79.9. The van der Waals surface area contributed by atoms with Gasteiger partial charge in [0.15, 0.2) is 5.11 Å². The third-order valence-corrected chi connectivity index (χ3v) is 3.68. The highest BCUT2D eigenvalue weighted by Crippen LogP contribution is 2.20. The summed E-state index contributed by atoms with van der Waals surface area (Å²) < 4.78 is 13.4. The highest BCUT2D eigenvalue weighted by molar-refractivity contribution is 9.10. The molecule has 0 unspecified atom stereocenters. The molecule has 1 aliphatic heterocycles. The van der Waals surface area contributed by atoms with Crippen LogP contribution in [-0.4, -0.2) is 28.4 Å². The van der Waals surface area contributed by atoms with Gasteiger partial charge in [0.2, 0.25) is 0 Å². The topological polar surface area (TPSA) is 49.4 Å². The molecule has 2 amide bonds. The molecule has 0 radical (unpaired) electrons. The van der Waals surface area contributed by atoms with Gasteiger partial charge in [-0.3, -0.25) is 19.8 Å². The molecule has 0 atom stereocenters. The van der Waals surface area contributed by atoms with E-state index < -0.39 is 17.6 Å². The van der Waals surface area contributed by atoms with Crippen LogP contribution in [-0.2, 0) is 9.59 Å². The number of amides is 2.